The van der Waals surface area contributed by atoms with Crippen molar-refractivity contribution in [3.8, 4) is 5.75 Å². The van der Waals surface area contributed by atoms with Crippen LogP contribution in [-0.2, 0) is 22.6 Å². The third-order valence-electron chi connectivity index (χ3n) is 2.34. The quantitative estimate of drug-likeness (QED) is 0.820. The molecule has 1 amide bonds. The number of amides is 1. The maximum absolute atomic E-state index is 11.5. The van der Waals surface area contributed by atoms with E-state index in [1.54, 1.807) is 0 Å². The van der Waals surface area contributed by atoms with Crippen LogP contribution in [0.25, 0.3) is 0 Å². The third kappa shape index (κ3) is 3.28. The van der Waals surface area contributed by atoms with E-state index in [9.17, 15) is 4.79 Å². The number of ether oxygens (including phenoxy) is 1. The monoisotopic (exact) mass is 363 g/mol. The maximum Gasteiger partial charge on any atom is -0.147 e. The van der Waals surface area contributed by atoms with E-state index in [2.05, 4.69) is 23.2 Å². The van der Waals surface area contributed by atoms with Crippen LogP contribution in [0.3, 0.4) is 0 Å². The number of carbonyl (C=O) groups is 1. The molecule has 96 valence electrons. The van der Waals surface area contributed by atoms with Gasteiger partial charge in [0, 0.05) is 0 Å². The Kier molecular flexibility index (Phi) is 6.92. The number of benzene rings is 1. The van der Waals surface area contributed by atoms with Crippen molar-refractivity contribution in [3.63, 3.8) is 0 Å². The van der Waals surface area contributed by atoms with Gasteiger partial charge in [-0.15, -0.1) is 24.8 Å². The fourth-order valence-corrected chi connectivity index (χ4v) is 1.94. The number of rotatable bonds is 2. The van der Waals surface area contributed by atoms with Crippen molar-refractivity contribution in [2.75, 3.05) is 5.32 Å². The molecule has 17 heavy (non-hydrogen) atoms. The van der Waals surface area contributed by atoms with Crippen molar-refractivity contribution >= 4 is 41.0 Å². The average Bonchev–Trinajstić information content (AvgIpc) is 2.27. The smallest absolute Gasteiger partial charge is 0.147 e. The van der Waals surface area contributed by atoms with Crippen LogP contribution >= 0.6 is 24.8 Å². The van der Waals surface area contributed by atoms with Crippen LogP contribution in [-0.4, -0.2) is 16.6 Å². The zero-order valence-electron chi connectivity index (χ0n) is 9.08. The van der Waals surface area contributed by atoms with Crippen LogP contribution in [0, 0.1) is 0 Å². The molecule has 1 aromatic rings. The summed E-state index contributed by atoms with van der Waals surface area (Å²) >= 11 is 2.45. The molecule has 0 saturated heterocycles. The molecule has 0 bridgehead atoms. The summed E-state index contributed by atoms with van der Waals surface area (Å²) in [5.41, 5.74) is 1.74. The zero-order chi connectivity index (χ0) is 10.8. The Labute approximate surface area is 122 Å². The van der Waals surface area contributed by atoms with E-state index in [4.69, 9.17) is 4.74 Å². The molecule has 1 unspecified atom stereocenters. The summed E-state index contributed by atoms with van der Waals surface area (Å²) in [6.45, 7) is 1.93. The first-order valence-electron chi connectivity index (χ1n) is 4.78. The fourth-order valence-electron chi connectivity index (χ4n) is 1.54. The van der Waals surface area contributed by atoms with Gasteiger partial charge in [0.05, 0.1) is 0 Å². The van der Waals surface area contributed by atoms with Crippen molar-refractivity contribution < 1.29 is 27.4 Å². The van der Waals surface area contributed by atoms with E-state index in [1.165, 1.54) is 0 Å². The Hall–Kier alpha value is -0.437. The molecule has 3 nitrogen and oxygen atoms in total. The minimum Gasteiger partial charge on any atom is -0.147 e. The second kappa shape index (κ2) is 7.10. The molecule has 0 aliphatic carbocycles. The van der Waals surface area contributed by atoms with Crippen molar-refractivity contribution in [1.29, 1.82) is 0 Å². The minimum absolute atomic E-state index is 0. The molecule has 0 saturated carbocycles. The molecule has 6 heteroatoms. The Morgan fingerprint density at radius 1 is 1.47 bits per heavy atom. The molecule has 0 fully saturated rings. The van der Waals surface area contributed by atoms with Gasteiger partial charge in [-0.25, -0.2) is 0 Å². The van der Waals surface area contributed by atoms with E-state index in [0.29, 0.717) is 6.42 Å². The van der Waals surface area contributed by atoms with E-state index >= 15 is 0 Å². The number of hydrogen-bond acceptors (Lipinski definition) is 2. The van der Waals surface area contributed by atoms with Crippen LogP contribution in [0.1, 0.15) is 18.9 Å². The second-order valence-corrected chi connectivity index (χ2v) is 3.83. The summed E-state index contributed by atoms with van der Waals surface area (Å²) in [5.74, 6) is 0.703. The molecule has 1 heterocycles. The van der Waals surface area contributed by atoms with Gasteiger partial charge in [-0.2, -0.15) is 0 Å². The first kappa shape index (κ1) is 16.6. The average molecular weight is 363 g/mol. The number of carbonyl (C=O) groups excluding carboxylic acids is 1. The van der Waals surface area contributed by atoms with Crippen LogP contribution in [0.4, 0.5) is 5.69 Å². The van der Waals surface area contributed by atoms with Crippen molar-refractivity contribution in [3.05, 3.63) is 23.8 Å². The number of anilines is 1. The van der Waals surface area contributed by atoms with Crippen molar-refractivity contribution in [2.45, 2.75) is 19.4 Å². The summed E-state index contributed by atoms with van der Waals surface area (Å²) in [6, 6.07) is 5.70. The van der Waals surface area contributed by atoms with Gasteiger partial charge in [0.15, 0.2) is 0 Å². The molecule has 1 atom stereocenters. The second-order valence-electron chi connectivity index (χ2n) is 3.33. The molecular formula is C11H13Cl2NO2Ru. The summed E-state index contributed by atoms with van der Waals surface area (Å²) < 4.78 is 7.57. The van der Waals surface area contributed by atoms with Crippen molar-refractivity contribution in [1.82, 2.24) is 0 Å². The number of fused-ring (bicyclic) bond motifs is 1. The molecule has 2 rings (SSSR count). The van der Waals surface area contributed by atoms with Crippen molar-refractivity contribution in [2.24, 2.45) is 0 Å². The van der Waals surface area contributed by atoms with Gasteiger partial charge >= 0.3 is 97.9 Å². The number of nitrogens with one attached hydrogen (secondary N) is 1. The normalized spacial score (nSPS) is 16.6. The van der Waals surface area contributed by atoms with Crippen LogP contribution in [0.2, 0.25) is 0 Å². The number of para-hydroxylation sites is 1. The van der Waals surface area contributed by atoms with E-state index < -0.39 is 0 Å². The standard InChI is InChI=1S/C11H11NO2.2ClH.Ru/c1-3-9-11(13)12-8-6-4-5-7(2)10(8)14-9;;;/h2,4-6,9H,3H2,1H3,(H,12,13);2*1H;. The first-order valence-corrected chi connectivity index (χ1v) is 5.79. The van der Waals surface area contributed by atoms with Gasteiger partial charge in [-0.05, 0) is 0 Å². The van der Waals surface area contributed by atoms with E-state index in [-0.39, 0.29) is 36.8 Å². The summed E-state index contributed by atoms with van der Waals surface area (Å²) in [5, 5.41) is 2.84. The van der Waals surface area contributed by atoms with Gasteiger partial charge < -0.3 is 0 Å². The molecule has 1 aromatic carbocycles. The fraction of sp³-hybridized carbons (Fsp3) is 0.273. The summed E-state index contributed by atoms with van der Waals surface area (Å²) in [6.07, 6.45) is 0.308. The summed E-state index contributed by atoms with van der Waals surface area (Å²) in [7, 11) is 0. The van der Waals surface area contributed by atoms with Crippen LogP contribution in [0.5, 0.6) is 5.75 Å². The molecule has 1 N–H and O–H groups in total. The van der Waals surface area contributed by atoms with Gasteiger partial charge in [0.2, 0.25) is 0 Å². The van der Waals surface area contributed by atoms with Gasteiger partial charge in [-0.1, -0.05) is 0 Å². The molecule has 1 aliphatic rings. The van der Waals surface area contributed by atoms with Gasteiger partial charge in [-0.3, -0.25) is 0 Å². The van der Waals surface area contributed by atoms with Gasteiger partial charge in [0.1, 0.15) is 0 Å². The SMILES string of the molecule is CCC1Oc2c([CH]=[Ru])cccc2NC1=O.Cl.Cl. The summed E-state index contributed by atoms with van der Waals surface area (Å²) in [4.78, 5) is 11.5. The number of hydrogen-bond donors (Lipinski definition) is 1. The van der Waals surface area contributed by atoms with Crippen LogP contribution in [0.15, 0.2) is 18.2 Å². The minimum atomic E-state index is -0.370. The predicted octanol–water partition coefficient (Wildman–Crippen LogP) is 2.34. The number of halogens is 2. The van der Waals surface area contributed by atoms with E-state index in [0.717, 1.165) is 17.0 Å². The molecule has 1 aliphatic heterocycles. The first-order chi connectivity index (χ1) is 7.26. The predicted molar refractivity (Wildman–Crippen MR) is 69.4 cm³/mol. The third-order valence-corrected chi connectivity index (χ3v) is 2.88. The largest absolute Gasteiger partial charge is 0.147 e. The Bertz CT molecular complexity index is 426. The zero-order valence-corrected chi connectivity index (χ0v) is 12.5. The molecule has 0 radical (unpaired) electrons. The Balaban J connectivity index is 0.00000128. The Morgan fingerprint density at radius 2 is 2.18 bits per heavy atom. The van der Waals surface area contributed by atoms with Gasteiger partial charge in [0.25, 0.3) is 0 Å². The van der Waals surface area contributed by atoms with E-state index in [1.807, 2.05) is 29.7 Å². The maximum atomic E-state index is 11.5. The molecule has 0 spiro atoms. The topological polar surface area (TPSA) is 38.3 Å². The van der Waals surface area contributed by atoms with Crippen LogP contribution < -0.4 is 10.1 Å². The Morgan fingerprint density at radius 3 is 2.76 bits per heavy atom. The molecular weight excluding hydrogens is 350 g/mol. The molecule has 0 aromatic heterocycles.